The quantitative estimate of drug-likeness (QED) is 0.656. The fourth-order valence-electron chi connectivity index (χ4n) is 2.84. The molecule has 0 aliphatic carbocycles. The minimum absolute atomic E-state index is 0.175. The molecule has 0 spiro atoms. The third kappa shape index (κ3) is 3.51. The second-order valence-corrected chi connectivity index (χ2v) is 7.42. The lowest BCUT2D eigenvalue weighted by Gasteiger charge is -2.07. The van der Waals surface area contributed by atoms with E-state index in [1.165, 1.54) is 11.3 Å². The van der Waals surface area contributed by atoms with Gasteiger partial charge in [-0.2, -0.15) is 0 Å². The third-order valence-corrected chi connectivity index (χ3v) is 5.40. The van der Waals surface area contributed by atoms with Crippen LogP contribution in [0, 0.1) is 20.8 Å². The van der Waals surface area contributed by atoms with Crippen LogP contribution in [0.25, 0.3) is 11.0 Å². The average molecular weight is 371 g/mol. The number of aryl methyl sites for hydroxylation is 2. The van der Waals surface area contributed by atoms with E-state index in [2.05, 4.69) is 5.32 Å². The normalized spacial score (nSPS) is 10.9. The number of carbonyl (C=O) groups is 2. The Labute approximate surface area is 156 Å². The number of nitrogens with one attached hydrogen (secondary N) is 1. The van der Waals surface area contributed by atoms with Crippen LogP contribution in [0.4, 0.5) is 5.00 Å². The maximum atomic E-state index is 12.5. The van der Waals surface area contributed by atoms with Crippen molar-refractivity contribution in [1.29, 1.82) is 0 Å². The molecule has 0 saturated heterocycles. The molecule has 6 heteroatoms. The Morgan fingerprint density at radius 3 is 2.73 bits per heavy atom. The molecule has 0 fully saturated rings. The number of anilines is 1. The van der Waals surface area contributed by atoms with Gasteiger partial charge in [0, 0.05) is 15.8 Å². The summed E-state index contributed by atoms with van der Waals surface area (Å²) in [4.78, 5) is 25.7. The monoisotopic (exact) mass is 371 g/mol. The van der Waals surface area contributed by atoms with Crippen LogP contribution in [-0.2, 0) is 16.0 Å². The van der Waals surface area contributed by atoms with Crippen LogP contribution >= 0.6 is 11.3 Å². The minimum atomic E-state index is -0.408. The SMILES string of the molecule is CCOC(=O)c1c(NC(=O)Cc2coc3cc(C)ccc23)sc(C)c1C. The van der Waals surface area contributed by atoms with Crippen LogP contribution in [0.1, 0.15) is 38.8 Å². The van der Waals surface area contributed by atoms with Crippen LogP contribution in [0.5, 0.6) is 0 Å². The predicted molar refractivity (Wildman–Crippen MR) is 103 cm³/mol. The van der Waals surface area contributed by atoms with Gasteiger partial charge in [-0.3, -0.25) is 4.79 Å². The Kier molecular flexibility index (Phi) is 5.13. The van der Waals surface area contributed by atoms with E-state index in [4.69, 9.17) is 9.15 Å². The summed E-state index contributed by atoms with van der Waals surface area (Å²) in [6.07, 6.45) is 1.79. The van der Waals surface area contributed by atoms with Crippen molar-refractivity contribution in [2.45, 2.75) is 34.1 Å². The maximum absolute atomic E-state index is 12.5. The van der Waals surface area contributed by atoms with Gasteiger partial charge in [0.1, 0.15) is 10.6 Å². The van der Waals surface area contributed by atoms with Crippen molar-refractivity contribution in [2.24, 2.45) is 0 Å². The molecule has 2 heterocycles. The van der Waals surface area contributed by atoms with Crippen molar-refractivity contribution in [3.63, 3.8) is 0 Å². The zero-order chi connectivity index (χ0) is 18.8. The number of rotatable bonds is 5. The van der Waals surface area contributed by atoms with Crippen molar-refractivity contribution < 1.29 is 18.7 Å². The number of ether oxygens (including phenoxy) is 1. The van der Waals surface area contributed by atoms with E-state index in [1.807, 2.05) is 39.0 Å². The largest absolute Gasteiger partial charge is 0.464 e. The molecular weight excluding hydrogens is 350 g/mol. The molecular formula is C20H21NO4S. The molecule has 5 nitrogen and oxygen atoms in total. The molecule has 0 bridgehead atoms. The first-order valence-corrected chi connectivity index (χ1v) is 9.26. The second kappa shape index (κ2) is 7.33. The Bertz CT molecular complexity index is 983. The summed E-state index contributed by atoms with van der Waals surface area (Å²) in [7, 11) is 0. The molecule has 0 aliphatic rings. The number of hydrogen-bond donors (Lipinski definition) is 1. The van der Waals surface area contributed by atoms with Gasteiger partial charge in [-0.1, -0.05) is 12.1 Å². The van der Waals surface area contributed by atoms with Gasteiger partial charge in [0.2, 0.25) is 5.91 Å². The summed E-state index contributed by atoms with van der Waals surface area (Å²) in [5.41, 5.74) is 3.97. The Morgan fingerprint density at radius 1 is 1.23 bits per heavy atom. The first-order valence-electron chi connectivity index (χ1n) is 8.44. The van der Waals surface area contributed by atoms with E-state index < -0.39 is 5.97 Å². The number of benzene rings is 1. The summed E-state index contributed by atoms with van der Waals surface area (Å²) in [5, 5.41) is 4.32. The van der Waals surface area contributed by atoms with Crippen molar-refractivity contribution in [3.05, 3.63) is 51.6 Å². The highest BCUT2D eigenvalue weighted by Gasteiger charge is 2.22. The third-order valence-electron chi connectivity index (χ3n) is 4.28. The van der Waals surface area contributed by atoms with Crippen LogP contribution in [0.2, 0.25) is 0 Å². The van der Waals surface area contributed by atoms with E-state index in [0.717, 1.165) is 32.5 Å². The highest BCUT2D eigenvalue weighted by atomic mass is 32.1. The Morgan fingerprint density at radius 2 is 2.00 bits per heavy atom. The van der Waals surface area contributed by atoms with Crippen molar-refractivity contribution in [2.75, 3.05) is 11.9 Å². The molecule has 3 aromatic rings. The number of esters is 1. The molecule has 1 amide bonds. The highest BCUT2D eigenvalue weighted by Crippen LogP contribution is 2.33. The van der Waals surface area contributed by atoms with E-state index in [0.29, 0.717) is 17.2 Å². The summed E-state index contributed by atoms with van der Waals surface area (Å²) in [5.74, 6) is -0.603. The summed E-state index contributed by atoms with van der Waals surface area (Å²) in [6, 6.07) is 5.89. The van der Waals surface area contributed by atoms with E-state index in [1.54, 1.807) is 13.2 Å². The van der Waals surface area contributed by atoms with E-state index in [9.17, 15) is 9.59 Å². The Hall–Kier alpha value is -2.60. The fraction of sp³-hybridized carbons (Fsp3) is 0.300. The van der Waals surface area contributed by atoms with Crippen molar-refractivity contribution in [3.8, 4) is 0 Å². The lowest BCUT2D eigenvalue weighted by molar-refractivity contribution is -0.115. The van der Waals surface area contributed by atoms with E-state index in [-0.39, 0.29) is 12.3 Å². The van der Waals surface area contributed by atoms with Gasteiger partial charge in [0.05, 0.1) is 24.9 Å². The lowest BCUT2D eigenvalue weighted by atomic mass is 10.1. The molecule has 0 aliphatic heterocycles. The van der Waals surface area contributed by atoms with Crippen LogP contribution in [0.15, 0.2) is 28.9 Å². The summed E-state index contributed by atoms with van der Waals surface area (Å²) >= 11 is 1.39. The first-order chi connectivity index (χ1) is 12.4. The topological polar surface area (TPSA) is 68.5 Å². The smallest absolute Gasteiger partial charge is 0.341 e. The van der Waals surface area contributed by atoms with Gasteiger partial charge in [-0.15, -0.1) is 11.3 Å². The van der Waals surface area contributed by atoms with Gasteiger partial charge >= 0.3 is 5.97 Å². The summed E-state index contributed by atoms with van der Waals surface area (Å²) < 4.78 is 10.7. The molecule has 1 N–H and O–H groups in total. The number of fused-ring (bicyclic) bond motifs is 1. The Balaban J connectivity index is 1.82. The lowest BCUT2D eigenvalue weighted by Crippen LogP contribution is -2.16. The van der Waals surface area contributed by atoms with Gasteiger partial charge in [-0.05, 0) is 44.9 Å². The number of amides is 1. The maximum Gasteiger partial charge on any atom is 0.341 e. The van der Waals surface area contributed by atoms with Crippen LogP contribution in [-0.4, -0.2) is 18.5 Å². The molecule has 0 atom stereocenters. The number of carbonyl (C=O) groups excluding carboxylic acids is 2. The van der Waals surface area contributed by atoms with Crippen molar-refractivity contribution >= 4 is 39.2 Å². The predicted octanol–water partition coefficient (Wildman–Crippen LogP) is 4.78. The number of hydrogen-bond acceptors (Lipinski definition) is 5. The minimum Gasteiger partial charge on any atom is -0.464 e. The van der Waals surface area contributed by atoms with Gasteiger partial charge in [0.15, 0.2) is 0 Å². The molecule has 0 unspecified atom stereocenters. The van der Waals surface area contributed by atoms with E-state index >= 15 is 0 Å². The second-order valence-electron chi connectivity index (χ2n) is 6.19. The number of thiophene rings is 1. The molecule has 0 radical (unpaired) electrons. The summed E-state index contributed by atoms with van der Waals surface area (Å²) in [6.45, 7) is 7.83. The molecule has 26 heavy (non-hydrogen) atoms. The zero-order valence-corrected chi connectivity index (χ0v) is 16.1. The van der Waals surface area contributed by atoms with Crippen molar-refractivity contribution in [1.82, 2.24) is 0 Å². The zero-order valence-electron chi connectivity index (χ0n) is 15.3. The number of furan rings is 1. The molecule has 0 saturated carbocycles. The van der Waals surface area contributed by atoms with Gasteiger partial charge < -0.3 is 14.5 Å². The molecule has 136 valence electrons. The molecule has 2 aromatic heterocycles. The van der Waals surface area contributed by atoms with Gasteiger partial charge in [0.25, 0.3) is 0 Å². The average Bonchev–Trinajstić information content (AvgIpc) is 3.08. The van der Waals surface area contributed by atoms with Gasteiger partial charge in [-0.25, -0.2) is 4.79 Å². The first kappa shape index (κ1) is 18.2. The standard InChI is InChI=1S/C20H21NO4S/c1-5-24-20(23)18-12(3)13(4)26-19(18)21-17(22)9-14-10-25-16-8-11(2)6-7-15(14)16/h6-8,10H,5,9H2,1-4H3,(H,21,22). The van der Waals surface area contributed by atoms with Crippen LogP contribution < -0.4 is 5.32 Å². The molecule has 1 aromatic carbocycles. The van der Waals surface area contributed by atoms with Crippen LogP contribution in [0.3, 0.4) is 0 Å². The highest BCUT2D eigenvalue weighted by molar-refractivity contribution is 7.16. The fourth-order valence-corrected chi connectivity index (χ4v) is 3.90. The molecule has 3 rings (SSSR count).